The molecule has 1 aliphatic rings. The molecule has 0 aromatic heterocycles. The summed E-state index contributed by atoms with van der Waals surface area (Å²) in [5, 5.41) is -0.403. The third kappa shape index (κ3) is 1.60. The van der Waals surface area contributed by atoms with Crippen LogP contribution < -0.4 is 5.73 Å². The number of carbonyl (C=O) groups is 1. The van der Waals surface area contributed by atoms with Gasteiger partial charge in [0.05, 0.1) is 13.1 Å². The predicted molar refractivity (Wildman–Crippen MR) is 38.9 cm³/mol. The van der Waals surface area contributed by atoms with E-state index in [1.807, 2.05) is 0 Å². The summed E-state index contributed by atoms with van der Waals surface area (Å²) in [5.41, 5.74) is 5.39. The average Bonchev–Trinajstić information content (AvgIpc) is 2.15. The van der Waals surface area contributed by atoms with E-state index in [4.69, 9.17) is 17.3 Å². The van der Waals surface area contributed by atoms with Crippen molar-refractivity contribution < 1.29 is 4.79 Å². The maximum Gasteiger partial charge on any atom is 0.241 e. The van der Waals surface area contributed by atoms with Crippen molar-refractivity contribution in [3.63, 3.8) is 0 Å². The number of hydrogen-bond acceptors (Lipinski definition) is 4. The second-order valence-corrected chi connectivity index (χ2v) is 2.44. The van der Waals surface area contributed by atoms with Gasteiger partial charge < -0.3 is 10.6 Å². The Hall–Kier alpha value is -0.770. The molecule has 2 N–H and O–H groups in total. The van der Waals surface area contributed by atoms with E-state index in [-0.39, 0.29) is 6.54 Å². The molecule has 0 fully saturated rings. The number of aliphatic imine (C=N–C) groups is 1. The Morgan fingerprint density at radius 2 is 2.60 bits per heavy atom. The molecular weight excluding hydrogens is 154 g/mol. The molecule has 1 heterocycles. The van der Waals surface area contributed by atoms with Crippen LogP contribution in [0, 0.1) is 0 Å². The fourth-order valence-electron chi connectivity index (χ4n) is 0.810. The predicted octanol–water partition coefficient (Wildman–Crippen LogP) is -0.618. The van der Waals surface area contributed by atoms with Gasteiger partial charge in [0.2, 0.25) is 5.24 Å². The summed E-state index contributed by atoms with van der Waals surface area (Å²) in [4.78, 5) is 15.9. The van der Waals surface area contributed by atoms with Crippen molar-refractivity contribution in [1.29, 1.82) is 0 Å². The van der Waals surface area contributed by atoms with Crippen LogP contribution in [0.15, 0.2) is 4.99 Å². The van der Waals surface area contributed by atoms with Crippen LogP contribution in [0.25, 0.3) is 0 Å². The SMILES string of the molecule is NC1=NCCN1CC(=O)Cl. The van der Waals surface area contributed by atoms with Crippen LogP contribution in [0.2, 0.25) is 0 Å². The number of guanidine groups is 1. The number of nitrogens with two attached hydrogens (primary N) is 1. The topological polar surface area (TPSA) is 58.7 Å². The van der Waals surface area contributed by atoms with E-state index in [2.05, 4.69) is 4.99 Å². The Morgan fingerprint density at radius 1 is 1.90 bits per heavy atom. The van der Waals surface area contributed by atoms with Crippen LogP contribution in [-0.4, -0.2) is 35.7 Å². The fourth-order valence-corrected chi connectivity index (χ4v) is 0.954. The van der Waals surface area contributed by atoms with Gasteiger partial charge >= 0.3 is 0 Å². The van der Waals surface area contributed by atoms with E-state index in [0.29, 0.717) is 19.0 Å². The zero-order chi connectivity index (χ0) is 7.56. The van der Waals surface area contributed by atoms with E-state index in [1.54, 1.807) is 4.90 Å². The molecule has 0 radical (unpaired) electrons. The molecule has 4 nitrogen and oxygen atoms in total. The van der Waals surface area contributed by atoms with Gasteiger partial charge in [0.15, 0.2) is 5.96 Å². The van der Waals surface area contributed by atoms with Crippen LogP contribution in [-0.2, 0) is 4.79 Å². The summed E-state index contributed by atoms with van der Waals surface area (Å²) in [6.45, 7) is 1.52. The summed E-state index contributed by atoms with van der Waals surface area (Å²) < 4.78 is 0. The van der Waals surface area contributed by atoms with Crippen molar-refractivity contribution >= 4 is 22.8 Å². The normalized spacial score (nSPS) is 17.3. The van der Waals surface area contributed by atoms with Gasteiger partial charge in [-0.15, -0.1) is 0 Å². The van der Waals surface area contributed by atoms with E-state index in [0.717, 1.165) is 0 Å². The number of hydrogen-bond donors (Lipinski definition) is 1. The highest BCUT2D eigenvalue weighted by Crippen LogP contribution is 1.97. The first-order chi connectivity index (χ1) is 4.70. The lowest BCUT2D eigenvalue weighted by molar-refractivity contribution is -0.111. The molecule has 56 valence electrons. The zero-order valence-corrected chi connectivity index (χ0v) is 6.14. The highest BCUT2D eigenvalue weighted by Gasteiger charge is 2.14. The van der Waals surface area contributed by atoms with Crippen molar-refractivity contribution in [1.82, 2.24) is 4.90 Å². The summed E-state index contributed by atoms with van der Waals surface area (Å²) in [7, 11) is 0. The molecule has 0 atom stereocenters. The van der Waals surface area contributed by atoms with Crippen molar-refractivity contribution in [2.75, 3.05) is 19.6 Å². The lowest BCUT2D eigenvalue weighted by Gasteiger charge is -2.13. The first-order valence-corrected chi connectivity index (χ1v) is 3.31. The van der Waals surface area contributed by atoms with Crippen LogP contribution in [0.3, 0.4) is 0 Å². The Labute approximate surface area is 63.7 Å². The van der Waals surface area contributed by atoms with Crippen LogP contribution in [0.5, 0.6) is 0 Å². The largest absolute Gasteiger partial charge is 0.370 e. The molecule has 0 amide bonds. The standard InChI is InChI=1S/C5H8ClN3O/c6-4(10)3-9-2-1-8-5(9)7/h1-3H2,(H2,7,8). The molecule has 0 saturated heterocycles. The fraction of sp³-hybridized carbons (Fsp3) is 0.600. The second kappa shape index (κ2) is 2.88. The van der Waals surface area contributed by atoms with Gasteiger partial charge in [-0.3, -0.25) is 9.79 Å². The molecule has 0 saturated carbocycles. The molecule has 0 unspecified atom stereocenters. The van der Waals surface area contributed by atoms with E-state index < -0.39 is 5.24 Å². The van der Waals surface area contributed by atoms with Gasteiger partial charge in [-0.25, -0.2) is 0 Å². The third-order valence-corrected chi connectivity index (χ3v) is 1.40. The lowest BCUT2D eigenvalue weighted by Crippen LogP contribution is -2.36. The van der Waals surface area contributed by atoms with Crippen molar-refractivity contribution in [2.24, 2.45) is 10.7 Å². The zero-order valence-electron chi connectivity index (χ0n) is 5.38. The Morgan fingerprint density at radius 3 is 3.00 bits per heavy atom. The molecule has 5 heteroatoms. The Kier molecular flexibility index (Phi) is 2.11. The van der Waals surface area contributed by atoms with Crippen LogP contribution in [0.1, 0.15) is 0 Å². The molecule has 1 rings (SSSR count). The number of rotatable bonds is 2. The molecule has 0 bridgehead atoms. The van der Waals surface area contributed by atoms with E-state index in [1.165, 1.54) is 0 Å². The number of nitrogens with zero attached hydrogens (tertiary/aromatic N) is 2. The minimum Gasteiger partial charge on any atom is -0.370 e. The molecule has 10 heavy (non-hydrogen) atoms. The highest BCUT2D eigenvalue weighted by molar-refractivity contribution is 6.64. The Balaban J connectivity index is 2.43. The Bertz CT molecular complexity index is 180. The summed E-state index contributed by atoms with van der Waals surface area (Å²) in [6, 6.07) is 0. The summed E-state index contributed by atoms with van der Waals surface area (Å²) in [5.74, 6) is 0.411. The van der Waals surface area contributed by atoms with Gasteiger partial charge in [0, 0.05) is 6.54 Å². The maximum atomic E-state index is 10.4. The van der Waals surface area contributed by atoms with Crippen LogP contribution >= 0.6 is 11.6 Å². The van der Waals surface area contributed by atoms with Crippen molar-refractivity contribution in [3.05, 3.63) is 0 Å². The summed E-state index contributed by atoms with van der Waals surface area (Å²) >= 11 is 5.13. The number of carbonyl (C=O) groups excluding carboxylic acids is 1. The second-order valence-electron chi connectivity index (χ2n) is 2.02. The first kappa shape index (κ1) is 7.34. The van der Waals surface area contributed by atoms with Gasteiger partial charge in [0.1, 0.15) is 0 Å². The minimum atomic E-state index is -0.403. The number of halogens is 1. The van der Waals surface area contributed by atoms with Gasteiger partial charge in [-0.1, -0.05) is 0 Å². The minimum absolute atomic E-state index is 0.164. The quantitative estimate of drug-likeness (QED) is 0.550. The smallest absolute Gasteiger partial charge is 0.241 e. The van der Waals surface area contributed by atoms with E-state index >= 15 is 0 Å². The molecule has 0 spiro atoms. The molecular formula is C5H8ClN3O. The highest BCUT2D eigenvalue weighted by atomic mass is 35.5. The molecule has 0 aliphatic carbocycles. The average molecular weight is 162 g/mol. The molecule has 0 aromatic rings. The van der Waals surface area contributed by atoms with Gasteiger partial charge in [-0.05, 0) is 11.6 Å². The molecule has 0 aromatic carbocycles. The first-order valence-electron chi connectivity index (χ1n) is 2.93. The van der Waals surface area contributed by atoms with Crippen LogP contribution in [0.4, 0.5) is 0 Å². The third-order valence-electron chi connectivity index (χ3n) is 1.28. The van der Waals surface area contributed by atoms with Crippen molar-refractivity contribution in [3.8, 4) is 0 Å². The molecule has 1 aliphatic heterocycles. The monoisotopic (exact) mass is 161 g/mol. The lowest BCUT2D eigenvalue weighted by atomic mass is 10.5. The summed E-state index contributed by atoms with van der Waals surface area (Å²) in [6.07, 6.45) is 0. The maximum absolute atomic E-state index is 10.4. The van der Waals surface area contributed by atoms with E-state index in [9.17, 15) is 4.79 Å². The van der Waals surface area contributed by atoms with Gasteiger partial charge in [0.25, 0.3) is 0 Å². The van der Waals surface area contributed by atoms with Gasteiger partial charge in [-0.2, -0.15) is 0 Å². The van der Waals surface area contributed by atoms with Crippen molar-refractivity contribution in [2.45, 2.75) is 0 Å².